The summed E-state index contributed by atoms with van der Waals surface area (Å²) in [4.78, 5) is 0. The van der Waals surface area contributed by atoms with Gasteiger partial charge in [-0.2, -0.15) is 0 Å². The summed E-state index contributed by atoms with van der Waals surface area (Å²) < 4.78 is 11.1. The van der Waals surface area contributed by atoms with Crippen molar-refractivity contribution in [2.45, 2.75) is 12.3 Å². The van der Waals surface area contributed by atoms with Crippen molar-refractivity contribution >= 4 is 11.0 Å². The SMILES string of the molecule is OC(O)C1=C2NC(Oc3ccc4ccoc4c3)=CC2NC=C1. The van der Waals surface area contributed by atoms with E-state index in [0.717, 1.165) is 11.0 Å². The Morgan fingerprint density at radius 1 is 1.23 bits per heavy atom. The van der Waals surface area contributed by atoms with Crippen molar-refractivity contribution in [3.05, 3.63) is 66.0 Å². The molecule has 4 rings (SSSR count). The first kappa shape index (κ1) is 13.0. The maximum atomic E-state index is 9.40. The lowest BCUT2D eigenvalue weighted by Crippen LogP contribution is -2.32. The van der Waals surface area contributed by atoms with Gasteiger partial charge >= 0.3 is 0 Å². The number of furan rings is 1. The summed E-state index contributed by atoms with van der Waals surface area (Å²) in [6.07, 6.45) is 5.24. The number of aliphatic hydroxyl groups is 2. The predicted molar refractivity (Wildman–Crippen MR) is 79.4 cm³/mol. The van der Waals surface area contributed by atoms with Crippen LogP contribution in [0.2, 0.25) is 0 Å². The minimum absolute atomic E-state index is 0.163. The molecular formula is C16H14N2O4. The van der Waals surface area contributed by atoms with Crippen molar-refractivity contribution < 1.29 is 19.4 Å². The van der Waals surface area contributed by atoms with Crippen LogP contribution in [-0.2, 0) is 0 Å². The van der Waals surface area contributed by atoms with Crippen LogP contribution in [0.4, 0.5) is 0 Å². The molecular weight excluding hydrogens is 284 g/mol. The van der Waals surface area contributed by atoms with Gasteiger partial charge in [0.25, 0.3) is 0 Å². The topological polar surface area (TPSA) is 86.9 Å². The summed E-state index contributed by atoms with van der Waals surface area (Å²) in [6.45, 7) is 0. The first-order valence-corrected chi connectivity index (χ1v) is 6.87. The minimum atomic E-state index is -1.53. The Kier molecular flexibility index (Phi) is 2.92. The number of hydrogen-bond acceptors (Lipinski definition) is 6. The molecule has 4 N–H and O–H groups in total. The Labute approximate surface area is 126 Å². The molecule has 0 radical (unpaired) electrons. The first-order valence-electron chi connectivity index (χ1n) is 6.87. The molecule has 0 saturated carbocycles. The van der Waals surface area contributed by atoms with E-state index in [1.807, 2.05) is 30.3 Å². The third-order valence-corrected chi connectivity index (χ3v) is 3.67. The molecule has 6 nitrogen and oxygen atoms in total. The van der Waals surface area contributed by atoms with Crippen molar-refractivity contribution in [3.63, 3.8) is 0 Å². The molecule has 112 valence electrons. The monoisotopic (exact) mass is 298 g/mol. The van der Waals surface area contributed by atoms with Gasteiger partial charge in [-0.05, 0) is 30.5 Å². The summed E-state index contributed by atoms with van der Waals surface area (Å²) in [5.41, 5.74) is 1.84. The predicted octanol–water partition coefficient (Wildman–Crippen LogP) is 1.31. The molecule has 0 amide bonds. The van der Waals surface area contributed by atoms with E-state index in [0.29, 0.717) is 22.9 Å². The number of rotatable bonds is 3. The van der Waals surface area contributed by atoms with Crippen molar-refractivity contribution in [1.29, 1.82) is 0 Å². The molecule has 0 bridgehead atoms. The van der Waals surface area contributed by atoms with E-state index in [2.05, 4.69) is 10.6 Å². The fourth-order valence-corrected chi connectivity index (χ4v) is 2.61. The number of dihydropyridines is 1. The van der Waals surface area contributed by atoms with Gasteiger partial charge in [-0.3, -0.25) is 0 Å². The van der Waals surface area contributed by atoms with E-state index in [4.69, 9.17) is 9.15 Å². The Hall–Kier alpha value is -2.70. The van der Waals surface area contributed by atoms with Gasteiger partial charge in [-0.1, -0.05) is 0 Å². The van der Waals surface area contributed by atoms with Crippen molar-refractivity contribution in [1.82, 2.24) is 10.6 Å². The summed E-state index contributed by atoms with van der Waals surface area (Å²) in [5, 5.41) is 26.0. The van der Waals surface area contributed by atoms with Crippen LogP contribution < -0.4 is 15.4 Å². The lowest BCUT2D eigenvalue weighted by molar-refractivity contribution is -0.00633. The van der Waals surface area contributed by atoms with Crippen LogP contribution in [0.5, 0.6) is 5.75 Å². The molecule has 6 heteroatoms. The molecule has 1 atom stereocenters. The molecule has 2 aromatic rings. The summed E-state index contributed by atoms with van der Waals surface area (Å²) in [6, 6.07) is 7.30. The average Bonchev–Trinajstić information content (AvgIpc) is 3.11. The van der Waals surface area contributed by atoms with Crippen LogP contribution in [0.1, 0.15) is 0 Å². The fourth-order valence-electron chi connectivity index (χ4n) is 2.61. The van der Waals surface area contributed by atoms with Crippen molar-refractivity contribution in [2.75, 3.05) is 0 Å². The fraction of sp³-hybridized carbons (Fsp3) is 0.125. The first-order chi connectivity index (χ1) is 10.7. The highest BCUT2D eigenvalue weighted by atomic mass is 16.5. The smallest absolute Gasteiger partial charge is 0.196 e. The van der Waals surface area contributed by atoms with Crippen LogP contribution in [0.3, 0.4) is 0 Å². The maximum absolute atomic E-state index is 9.40. The van der Waals surface area contributed by atoms with Crippen LogP contribution in [0, 0.1) is 0 Å². The largest absolute Gasteiger partial charge is 0.464 e. The molecule has 2 aliphatic rings. The Bertz CT molecular complexity index is 816. The second kappa shape index (κ2) is 4.94. The van der Waals surface area contributed by atoms with Crippen molar-refractivity contribution in [3.8, 4) is 5.75 Å². The van der Waals surface area contributed by atoms with E-state index in [1.54, 1.807) is 18.5 Å². The molecule has 0 aliphatic carbocycles. The zero-order valence-corrected chi connectivity index (χ0v) is 11.5. The van der Waals surface area contributed by atoms with E-state index in [9.17, 15) is 10.2 Å². The number of ether oxygens (including phenoxy) is 1. The van der Waals surface area contributed by atoms with Crippen LogP contribution in [0.25, 0.3) is 11.0 Å². The van der Waals surface area contributed by atoms with Crippen LogP contribution in [0.15, 0.2) is 70.5 Å². The quantitative estimate of drug-likeness (QED) is 0.639. The lowest BCUT2D eigenvalue weighted by Gasteiger charge is -2.20. The minimum Gasteiger partial charge on any atom is -0.464 e. The molecule has 0 saturated heterocycles. The molecule has 1 unspecified atom stereocenters. The van der Waals surface area contributed by atoms with E-state index in [1.165, 1.54) is 0 Å². The van der Waals surface area contributed by atoms with Gasteiger partial charge in [0.15, 0.2) is 12.2 Å². The van der Waals surface area contributed by atoms with Crippen molar-refractivity contribution in [2.24, 2.45) is 0 Å². The van der Waals surface area contributed by atoms with E-state index < -0.39 is 6.29 Å². The van der Waals surface area contributed by atoms with Crippen LogP contribution >= 0.6 is 0 Å². The lowest BCUT2D eigenvalue weighted by atomic mass is 10.1. The number of aliphatic hydroxyl groups excluding tert-OH is 1. The standard InChI is InChI=1S/C16H14N2O4/c19-16(20)11-3-5-17-12-8-14(18-15(11)12)22-10-2-1-9-4-6-21-13(9)7-10/h1-8,12,16-20H. The third-order valence-electron chi connectivity index (χ3n) is 3.67. The molecule has 1 aromatic carbocycles. The Balaban J connectivity index is 1.58. The van der Waals surface area contributed by atoms with Gasteiger partial charge < -0.3 is 30.0 Å². The number of hydrogen-bond donors (Lipinski definition) is 4. The molecule has 3 heterocycles. The highest BCUT2D eigenvalue weighted by molar-refractivity contribution is 5.78. The highest BCUT2D eigenvalue weighted by Gasteiger charge is 2.28. The summed E-state index contributed by atoms with van der Waals surface area (Å²) in [5.74, 6) is 1.17. The normalized spacial score (nSPS) is 20.0. The Morgan fingerprint density at radius 2 is 2.14 bits per heavy atom. The zero-order valence-electron chi connectivity index (χ0n) is 11.5. The van der Waals surface area contributed by atoms with Crippen LogP contribution in [-0.4, -0.2) is 22.5 Å². The van der Waals surface area contributed by atoms with Gasteiger partial charge in [0.1, 0.15) is 11.3 Å². The molecule has 0 fully saturated rings. The maximum Gasteiger partial charge on any atom is 0.196 e. The molecule has 2 aliphatic heterocycles. The molecule has 1 aromatic heterocycles. The number of nitrogens with one attached hydrogen (secondary N) is 2. The summed E-state index contributed by atoms with van der Waals surface area (Å²) >= 11 is 0. The highest BCUT2D eigenvalue weighted by Crippen LogP contribution is 2.27. The van der Waals surface area contributed by atoms with Gasteiger partial charge in [-0.25, -0.2) is 0 Å². The second-order valence-corrected chi connectivity index (χ2v) is 5.10. The van der Waals surface area contributed by atoms with Gasteiger partial charge in [0.05, 0.1) is 18.0 Å². The summed E-state index contributed by atoms with van der Waals surface area (Å²) in [7, 11) is 0. The number of benzene rings is 1. The molecule has 22 heavy (non-hydrogen) atoms. The average molecular weight is 298 g/mol. The molecule has 0 spiro atoms. The van der Waals surface area contributed by atoms with Gasteiger partial charge in [0.2, 0.25) is 0 Å². The second-order valence-electron chi connectivity index (χ2n) is 5.10. The number of fused-ring (bicyclic) bond motifs is 2. The van der Waals surface area contributed by atoms with E-state index in [-0.39, 0.29) is 6.04 Å². The van der Waals surface area contributed by atoms with Gasteiger partial charge in [0, 0.05) is 23.1 Å². The zero-order chi connectivity index (χ0) is 15.1. The third kappa shape index (κ3) is 2.14. The van der Waals surface area contributed by atoms with E-state index >= 15 is 0 Å². The Morgan fingerprint density at radius 3 is 3.00 bits per heavy atom. The van der Waals surface area contributed by atoms with Gasteiger partial charge in [-0.15, -0.1) is 0 Å².